The van der Waals surface area contributed by atoms with Crippen LogP contribution in [0, 0.1) is 12.7 Å². The predicted octanol–water partition coefficient (Wildman–Crippen LogP) is 5.22. The zero-order valence-electron chi connectivity index (χ0n) is 16.4. The lowest BCUT2D eigenvalue weighted by molar-refractivity contribution is 0.102. The van der Waals surface area contributed by atoms with Crippen molar-refractivity contribution in [3.05, 3.63) is 77.4 Å². The van der Waals surface area contributed by atoms with E-state index in [1.54, 1.807) is 19.1 Å². The van der Waals surface area contributed by atoms with Crippen LogP contribution in [0.1, 0.15) is 42.5 Å². The number of anilines is 3. The van der Waals surface area contributed by atoms with Crippen LogP contribution in [0.15, 0.2) is 54.6 Å². The molecule has 28 heavy (non-hydrogen) atoms. The molecule has 1 heterocycles. The number of nitrogens with zero attached hydrogens (tertiary/aromatic N) is 2. The molecule has 0 spiro atoms. The molecule has 5 nitrogen and oxygen atoms in total. The van der Waals surface area contributed by atoms with Gasteiger partial charge in [-0.2, -0.15) is 0 Å². The number of carbonyl (C=O) groups is 1. The highest BCUT2D eigenvalue weighted by atomic mass is 19.1. The summed E-state index contributed by atoms with van der Waals surface area (Å²) in [6.07, 6.45) is 0. The highest BCUT2D eigenvalue weighted by Gasteiger charge is 2.18. The summed E-state index contributed by atoms with van der Waals surface area (Å²) in [6, 6.07) is 15.2. The summed E-state index contributed by atoms with van der Waals surface area (Å²) in [5, 5.41) is 5.88. The van der Waals surface area contributed by atoms with E-state index in [-0.39, 0.29) is 11.1 Å². The minimum atomic E-state index is -0.428. The topological polar surface area (TPSA) is 66.9 Å². The number of aryl methyl sites for hydroxylation is 1. The SMILES string of the molecule is Cc1cc(C(=O)Nc2cccc(F)c2)nc(Nc2ccccc2C(C)(C)C)n1. The van der Waals surface area contributed by atoms with Gasteiger partial charge in [0.25, 0.3) is 5.91 Å². The van der Waals surface area contributed by atoms with Crippen molar-refractivity contribution < 1.29 is 9.18 Å². The van der Waals surface area contributed by atoms with Crippen molar-refractivity contribution in [2.45, 2.75) is 33.1 Å². The number of benzene rings is 2. The van der Waals surface area contributed by atoms with E-state index >= 15 is 0 Å². The number of rotatable bonds is 4. The molecule has 0 bridgehead atoms. The molecule has 3 aromatic rings. The van der Waals surface area contributed by atoms with Gasteiger partial charge in [-0.25, -0.2) is 14.4 Å². The van der Waals surface area contributed by atoms with Gasteiger partial charge in [0.15, 0.2) is 0 Å². The van der Waals surface area contributed by atoms with Gasteiger partial charge in [0.1, 0.15) is 11.5 Å². The number of halogens is 1. The van der Waals surface area contributed by atoms with Crippen LogP contribution in [0.25, 0.3) is 0 Å². The summed E-state index contributed by atoms with van der Waals surface area (Å²) in [5.41, 5.74) is 3.16. The van der Waals surface area contributed by atoms with Gasteiger partial charge in [0.2, 0.25) is 5.95 Å². The number of hydrogen-bond acceptors (Lipinski definition) is 4. The Hall–Kier alpha value is -3.28. The van der Waals surface area contributed by atoms with Crippen LogP contribution in [-0.2, 0) is 5.41 Å². The van der Waals surface area contributed by atoms with Crippen molar-refractivity contribution in [1.29, 1.82) is 0 Å². The molecule has 0 fully saturated rings. The van der Waals surface area contributed by atoms with Gasteiger partial charge in [0.05, 0.1) is 0 Å². The number of hydrogen-bond donors (Lipinski definition) is 2. The highest BCUT2D eigenvalue weighted by Crippen LogP contribution is 2.30. The third-order valence-electron chi connectivity index (χ3n) is 4.15. The van der Waals surface area contributed by atoms with Gasteiger partial charge in [-0.3, -0.25) is 4.79 Å². The van der Waals surface area contributed by atoms with Crippen molar-refractivity contribution in [3.8, 4) is 0 Å². The van der Waals surface area contributed by atoms with Crippen molar-refractivity contribution in [2.24, 2.45) is 0 Å². The van der Waals surface area contributed by atoms with E-state index in [2.05, 4.69) is 47.4 Å². The number of nitrogens with one attached hydrogen (secondary N) is 2. The number of aromatic nitrogens is 2. The summed E-state index contributed by atoms with van der Waals surface area (Å²) >= 11 is 0. The van der Waals surface area contributed by atoms with Gasteiger partial charge in [-0.15, -0.1) is 0 Å². The molecule has 6 heteroatoms. The first-order chi connectivity index (χ1) is 13.2. The van der Waals surface area contributed by atoms with Gasteiger partial charge in [-0.1, -0.05) is 45.0 Å². The first-order valence-corrected chi connectivity index (χ1v) is 9.01. The summed E-state index contributed by atoms with van der Waals surface area (Å²) in [5.74, 6) is -0.512. The Morgan fingerprint density at radius 1 is 1.00 bits per heavy atom. The van der Waals surface area contributed by atoms with E-state index in [9.17, 15) is 9.18 Å². The fourth-order valence-corrected chi connectivity index (χ4v) is 2.87. The van der Waals surface area contributed by atoms with E-state index in [1.165, 1.54) is 18.2 Å². The van der Waals surface area contributed by atoms with E-state index < -0.39 is 11.7 Å². The van der Waals surface area contributed by atoms with Crippen LogP contribution in [-0.4, -0.2) is 15.9 Å². The second-order valence-corrected chi connectivity index (χ2v) is 7.60. The molecule has 0 saturated heterocycles. The molecular weight excluding hydrogens is 355 g/mol. The quantitative estimate of drug-likeness (QED) is 0.653. The normalized spacial score (nSPS) is 11.2. The zero-order chi connectivity index (χ0) is 20.3. The Balaban J connectivity index is 1.87. The van der Waals surface area contributed by atoms with Crippen molar-refractivity contribution in [3.63, 3.8) is 0 Å². The van der Waals surface area contributed by atoms with E-state index in [0.717, 1.165) is 11.3 Å². The Bertz CT molecular complexity index is 1010. The van der Waals surface area contributed by atoms with Crippen molar-refractivity contribution in [1.82, 2.24) is 9.97 Å². The summed E-state index contributed by atoms with van der Waals surface area (Å²) in [4.78, 5) is 21.3. The molecule has 3 rings (SSSR count). The molecule has 1 aromatic heterocycles. The number of amides is 1. The van der Waals surface area contributed by atoms with Gasteiger partial charge < -0.3 is 10.6 Å². The maximum Gasteiger partial charge on any atom is 0.274 e. The molecule has 2 N–H and O–H groups in total. The lowest BCUT2D eigenvalue weighted by atomic mass is 9.86. The Morgan fingerprint density at radius 3 is 2.46 bits per heavy atom. The molecule has 144 valence electrons. The molecule has 0 aliphatic carbocycles. The monoisotopic (exact) mass is 378 g/mol. The molecule has 0 saturated carbocycles. The lowest BCUT2D eigenvalue weighted by Crippen LogP contribution is -2.17. The van der Waals surface area contributed by atoms with E-state index in [0.29, 0.717) is 17.3 Å². The molecule has 2 aromatic carbocycles. The average Bonchev–Trinajstić information content (AvgIpc) is 2.61. The molecule has 0 unspecified atom stereocenters. The maximum atomic E-state index is 13.3. The van der Waals surface area contributed by atoms with Crippen LogP contribution in [0.4, 0.5) is 21.7 Å². The minimum absolute atomic E-state index is 0.0645. The first kappa shape index (κ1) is 19.5. The third kappa shape index (κ3) is 4.71. The van der Waals surface area contributed by atoms with Gasteiger partial charge >= 0.3 is 0 Å². The molecular formula is C22H23FN4O. The van der Waals surface area contributed by atoms with Gasteiger partial charge in [-0.05, 0) is 48.2 Å². The van der Waals surface area contributed by atoms with Crippen LogP contribution in [0.2, 0.25) is 0 Å². The number of carbonyl (C=O) groups excluding carboxylic acids is 1. The van der Waals surface area contributed by atoms with Gasteiger partial charge in [0, 0.05) is 17.1 Å². The maximum absolute atomic E-state index is 13.3. The largest absolute Gasteiger partial charge is 0.324 e. The van der Waals surface area contributed by atoms with Crippen LogP contribution < -0.4 is 10.6 Å². The average molecular weight is 378 g/mol. The Labute approximate surface area is 164 Å². The fraction of sp³-hybridized carbons (Fsp3) is 0.227. The third-order valence-corrected chi connectivity index (χ3v) is 4.15. The smallest absolute Gasteiger partial charge is 0.274 e. The highest BCUT2D eigenvalue weighted by molar-refractivity contribution is 6.03. The van der Waals surface area contributed by atoms with Crippen LogP contribution >= 0.6 is 0 Å². The molecule has 0 radical (unpaired) electrons. The van der Waals surface area contributed by atoms with Crippen LogP contribution in [0.3, 0.4) is 0 Å². The van der Waals surface area contributed by atoms with E-state index in [1.807, 2.05) is 18.2 Å². The first-order valence-electron chi connectivity index (χ1n) is 9.01. The predicted molar refractivity (Wildman–Crippen MR) is 110 cm³/mol. The second kappa shape index (κ2) is 7.76. The fourth-order valence-electron chi connectivity index (χ4n) is 2.87. The summed E-state index contributed by atoms with van der Waals surface area (Å²) < 4.78 is 13.3. The van der Waals surface area contributed by atoms with Crippen molar-refractivity contribution in [2.75, 3.05) is 10.6 Å². The van der Waals surface area contributed by atoms with E-state index in [4.69, 9.17) is 0 Å². The zero-order valence-corrected chi connectivity index (χ0v) is 16.4. The second-order valence-electron chi connectivity index (χ2n) is 7.60. The molecule has 0 atom stereocenters. The summed E-state index contributed by atoms with van der Waals surface area (Å²) in [6.45, 7) is 8.18. The Kier molecular flexibility index (Phi) is 5.40. The lowest BCUT2D eigenvalue weighted by Gasteiger charge is -2.23. The Morgan fingerprint density at radius 2 is 1.75 bits per heavy atom. The number of para-hydroxylation sites is 1. The summed E-state index contributed by atoms with van der Waals surface area (Å²) in [7, 11) is 0. The molecule has 1 amide bonds. The van der Waals surface area contributed by atoms with Crippen molar-refractivity contribution >= 4 is 23.2 Å². The minimum Gasteiger partial charge on any atom is -0.324 e. The molecule has 0 aliphatic heterocycles. The van der Waals surface area contributed by atoms with Crippen LogP contribution in [0.5, 0.6) is 0 Å². The molecule has 0 aliphatic rings. The standard InChI is InChI=1S/C22H23FN4O/c1-14-12-19(20(28)25-16-9-7-8-15(23)13-16)27-21(24-14)26-18-11-6-5-10-17(18)22(2,3)4/h5-13H,1-4H3,(H,25,28)(H,24,26,27).